The van der Waals surface area contributed by atoms with Gasteiger partial charge in [-0.2, -0.15) is 5.10 Å². The predicted octanol–water partition coefficient (Wildman–Crippen LogP) is 3.16. The molecule has 4 rings (SSSR count). The molecule has 33 heavy (non-hydrogen) atoms. The third kappa shape index (κ3) is 5.35. The van der Waals surface area contributed by atoms with Crippen molar-refractivity contribution < 1.29 is 23.5 Å². The van der Waals surface area contributed by atoms with Gasteiger partial charge in [0, 0.05) is 23.4 Å². The van der Waals surface area contributed by atoms with E-state index in [1.165, 1.54) is 34.4 Å². The second-order valence-electron chi connectivity index (χ2n) is 7.33. The van der Waals surface area contributed by atoms with E-state index in [-0.39, 0.29) is 43.3 Å². The Morgan fingerprint density at radius 3 is 2.67 bits per heavy atom. The number of hydrogen-bond acceptors (Lipinski definition) is 6. The van der Waals surface area contributed by atoms with E-state index in [0.717, 1.165) is 0 Å². The van der Waals surface area contributed by atoms with E-state index >= 15 is 0 Å². The number of rotatable bonds is 8. The van der Waals surface area contributed by atoms with Gasteiger partial charge < -0.3 is 10.1 Å². The fourth-order valence-electron chi connectivity index (χ4n) is 3.34. The van der Waals surface area contributed by atoms with Crippen LogP contribution >= 0.6 is 11.6 Å². The Kier molecular flexibility index (Phi) is 6.64. The van der Waals surface area contributed by atoms with Crippen molar-refractivity contribution in [2.45, 2.75) is 18.9 Å². The van der Waals surface area contributed by atoms with Crippen molar-refractivity contribution in [3.05, 3.63) is 71.5 Å². The Morgan fingerprint density at radius 2 is 1.97 bits per heavy atom. The number of nitrogens with one attached hydrogen (secondary N) is 1. The first kappa shape index (κ1) is 22.4. The predicted molar refractivity (Wildman–Crippen MR) is 117 cm³/mol. The summed E-state index contributed by atoms with van der Waals surface area (Å²) in [5.41, 5.74) is 0.999. The fraction of sp³-hybridized carbons (Fsp3) is 0.227. The summed E-state index contributed by atoms with van der Waals surface area (Å²) in [5.74, 6) is -1.08. The van der Waals surface area contributed by atoms with Crippen molar-refractivity contribution in [3.63, 3.8) is 0 Å². The molecule has 1 fully saturated rings. The number of ketones is 1. The van der Waals surface area contributed by atoms with Crippen molar-refractivity contribution in [3.8, 4) is 5.69 Å². The highest BCUT2D eigenvalue weighted by Gasteiger charge is 2.33. The largest absolute Gasteiger partial charge is 0.442 e. The lowest BCUT2D eigenvalue weighted by atomic mass is 10.1. The first-order valence-electron chi connectivity index (χ1n) is 10.1. The third-order valence-electron chi connectivity index (χ3n) is 5.05. The number of aromatic nitrogens is 3. The van der Waals surface area contributed by atoms with Crippen LogP contribution in [0.15, 0.2) is 55.1 Å². The minimum Gasteiger partial charge on any atom is -0.442 e. The van der Waals surface area contributed by atoms with Gasteiger partial charge >= 0.3 is 6.09 Å². The summed E-state index contributed by atoms with van der Waals surface area (Å²) in [6, 6.07) is 10.7. The van der Waals surface area contributed by atoms with Crippen LogP contribution in [0.5, 0.6) is 0 Å². The zero-order valence-corrected chi connectivity index (χ0v) is 18.0. The van der Waals surface area contributed by atoms with Crippen LogP contribution in [0.3, 0.4) is 0 Å². The van der Waals surface area contributed by atoms with E-state index in [0.29, 0.717) is 16.3 Å². The summed E-state index contributed by atoms with van der Waals surface area (Å²) >= 11 is 5.80. The number of hydrogen-bond donors (Lipinski definition) is 1. The maximum atomic E-state index is 14.5. The molecule has 1 atom stereocenters. The van der Waals surface area contributed by atoms with Crippen molar-refractivity contribution in [1.82, 2.24) is 20.1 Å². The molecule has 1 N–H and O–H groups in total. The Morgan fingerprint density at radius 1 is 1.18 bits per heavy atom. The molecule has 1 unspecified atom stereocenters. The number of nitrogens with zero attached hydrogens (tertiary/aromatic N) is 4. The van der Waals surface area contributed by atoms with Crippen molar-refractivity contribution in [1.29, 1.82) is 0 Å². The number of anilines is 1. The molecule has 0 spiro atoms. The lowest BCUT2D eigenvalue weighted by Gasteiger charge is -2.14. The van der Waals surface area contributed by atoms with Gasteiger partial charge in [0.25, 0.3) is 0 Å². The maximum Gasteiger partial charge on any atom is 0.414 e. The molecule has 3 aromatic rings. The van der Waals surface area contributed by atoms with Gasteiger partial charge in [-0.3, -0.25) is 14.5 Å². The molecule has 1 aliphatic heterocycles. The first-order valence-corrected chi connectivity index (χ1v) is 10.5. The molecule has 1 aliphatic rings. The van der Waals surface area contributed by atoms with Crippen LogP contribution in [0, 0.1) is 5.82 Å². The third-order valence-corrected chi connectivity index (χ3v) is 5.31. The van der Waals surface area contributed by atoms with Crippen LogP contribution in [-0.2, 0) is 9.53 Å². The molecule has 0 bridgehead atoms. The van der Waals surface area contributed by atoms with Gasteiger partial charge in [0.1, 0.15) is 24.4 Å². The van der Waals surface area contributed by atoms with Crippen LogP contribution in [0.1, 0.15) is 23.2 Å². The summed E-state index contributed by atoms with van der Waals surface area (Å²) in [4.78, 5) is 41.6. The lowest BCUT2D eigenvalue weighted by Crippen LogP contribution is -2.34. The Bertz CT molecular complexity index is 1170. The highest BCUT2D eigenvalue weighted by atomic mass is 35.5. The minimum atomic E-state index is -0.639. The van der Waals surface area contributed by atoms with Gasteiger partial charge in [0.15, 0.2) is 11.6 Å². The molecule has 1 aromatic heterocycles. The van der Waals surface area contributed by atoms with Crippen LogP contribution < -0.4 is 10.2 Å². The molecule has 0 radical (unpaired) electrons. The summed E-state index contributed by atoms with van der Waals surface area (Å²) in [6.45, 7) is 0.223. The average Bonchev–Trinajstić information content (AvgIpc) is 3.46. The Balaban J connectivity index is 1.27. The molecule has 2 amide bonds. The van der Waals surface area contributed by atoms with Crippen LogP contribution in [0.4, 0.5) is 14.9 Å². The van der Waals surface area contributed by atoms with Crippen LogP contribution in [0.2, 0.25) is 5.02 Å². The van der Waals surface area contributed by atoms with E-state index in [2.05, 4.69) is 15.4 Å². The number of Topliss-reactive ketones (excluding diaryl/α,β-unsaturated/α-hetero) is 1. The van der Waals surface area contributed by atoms with Gasteiger partial charge in [-0.1, -0.05) is 11.6 Å². The molecule has 9 nitrogen and oxygen atoms in total. The zero-order valence-electron chi connectivity index (χ0n) is 17.3. The van der Waals surface area contributed by atoms with Gasteiger partial charge in [-0.05, 0) is 42.5 Å². The lowest BCUT2D eigenvalue weighted by molar-refractivity contribution is -0.121. The molecule has 2 heterocycles. The summed E-state index contributed by atoms with van der Waals surface area (Å²) in [5, 5.41) is 7.07. The molecule has 2 aromatic carbocycles. The fourth-order valence-corrected chi connectivity index (χ4v) is 3.47. The number of amides is 2. The Labute approximate surface area is 193 Å². The van der Waals surface area contributed by atoms with Crippen LogP contribution in [0.25, 0.3) is 5.69 Å². The van der Waals surface area contributed by atoms with E-state index < -0.39 is 18.0 Å². The topological polar surface area (TPSA) is 106 Å². The Hall–Kier alpha value is -3.79. The average molecular weight is 472 g/mol. The van der Waals surface area contributed by atoms with E-state index in [9.17, 15) is 18.8 Å². The van der Waals surface area contributed by atoms with Gasteiger partial charge in [0.05, 0.1) is 18.8 Å². The number of benzene rings is 2. The number of carbonyl (C=O) groups excluding carboxylic acids is 3. The van der Waals surface area contributed by atoms with Crippen LogP contribution in [-0.4, -0.2) is 51.7 Å². The van der Waals surface area contributed by atoms with E-state index in [1.54, 1.807) is 30.3 Å². The highest BCUT2D eigenvalue weighted by Crippen LogP contribution is 2.25. The normalized spacial score (nSPS) is 15.4. The zero-order chi connectivity index (χ0) is 23.4. The quantitative estimate of drug-likeness (QED) is 0.506. The number of cyclic esters (lactones) is 1. The molecular weight excluding hydrogens is 453 g/mol. The van der Waals surface area contributed by atoms with E-state index in [1.807, 2.05) is 0 Å². The monoisotopic (exact) mass is 471 g/mol. The smallest absolute Gasteiger partial charge is 0.414 e. The highest BCUT2D eigenvalue weighted by molar-refractivity contribution is 6.30. The van der Waals surface area contributed by atoms with E-state index in [4.69, 9.17) is 16.3 Å². The van der Waals surface area contributed by atoms with Gasteiger partial charge in [-0.15, -0.1) is 0 Å². The minimum absolute atomic E-state index is 0.000793. The standard InChI is InChI=1S/C22H19ClFN5O4/c23-15-3-1-14(2-4-15)20(30)7-8-21(31)26-10-17-11-28(22(32)33-17)16-5-6-19(18(24)9-16)29-13-25-12-27-29/h1-6,9,12-13,17H,7-8,10-11H2,(H,26,31). The molecule has 170 valence electrons. The van der Waals surface area contributed by atoms with Gasteiger partial charge in [0.2, 0.25) is 5.91 Å². The molecular formula is C22H19ClFN5O4. The van der Waals surface area contributed by atoms with Gasteiger partial charge in [-0.25, -0.2) is 18.9 Å². The molecule has 11 heteroatoms. The summed E-state index contributed by atoms with van der Waals surface area (Å²) in [7, 11) is 0. The SMILES string of the molecule is O=C(CCC(=O)c1ccc(Cl)cc1)NCC1CN(c2ccc(-n3cncn3)c(F)c2)C(=O)O1. The summed E-state index contributed by atoms with van der Waals surface area (Å²) in [6.07, 6.45) is 1.45. The maximum absolute atomic E-state index is 14.5. The molecule has 1 saturated heterocycles. The first-order chi connectivity index (χ1) is 15.9. The van der Waals surface area contributed by atoms with Crippen molar-refractivity contribution in [2.24, 2.45) is 0 Å². The second kappa shape index (κ2) is 9.78. The summed E-state index contributed by atoms with van der Waals surface area (Å²) < 4.78 is 21.0. The van der Waals surface area contributed by atoms with Crippen molar-refractivity contribution in [2.75, 3.05) is 18.0 Å². The number of ether oxygens (including phenoxy) is 1. The molecule has 0 aliphatic carbocycles. The molecule has 0 saturated carbocycles. The second-order valence-corrected chi connectivity index (χ2v) is 7.76. The van der Waals surface area contributed by atoms with Crippen molar-refractivity contribution >= 4 is 35.1 Å². The number of halogens is 2. The number of carbonyl (C=O) groups is 3.